The van der Waals surface area contributed by atoms with Gasteiger partial charge in [0.15, 0.2) is 0 Å². The number of aliphatic hydroxyl groups is 2. The topological polar surface area (TPSA) is 40.5 Å². The zero-order valence-corrected chi connectivity index (χ0v) is 11.2. The summed E-state index contributed by atoms with van der Waals surface area (Å²) in [7, 11) is 0. The molecule has 0 saturated carbocycles. The van der Waals surface area contributed by atoms with Crippen molar-refractivity contribution in [2.45, 2.75) is 73.0 Å². The molecular formula is C13H28O2. The Hall–Kier alpha value is -0.0800. The van der Waals surface area contributed by atoms with Crippen LogP contribution in [0.25, 0.3) is 0 Å². The lowest BCUT2D eigenvalue weighted by molar-refractivity contribution is -0.00706. The summed E-state index contributed by atoms with van der Waals surface area (Å²) in [5.74, 6) is 0. The molecule has 0 aromatic rings. The van der Waals surface area contributed by atoms with Crippen molar-refractivity contribution >= 4 is 0 Å². The Balaban J connectivity index is 4.13. The summed E-state index contributed by atoms with van der Waals surface area (Å²) in [4.78, 5) is 0. The van der Waals surface area contributed by atoms with Crippen LogP contribution in [-0.4, -0.2) is 22.4 Å². The molecule has 2 nitrogen and oxygen atoms in total. The SMILES string of the molecule is CCC(C)(C)C(O)CC(O)CC(C)(C)C. The van der Waals surface area contributed by atoms with Crippen LogP contribution in [-0.2, 0) is 0 Å². The van der Waals surface area contributed by atoms with E-state index >= 15 is 0 Å². The molecule has 0 aliphatic rings. The third kappa shape index (κ3) is 6.16. The first-order valence-electron chi connectivity index (χ1n) is 5.94. The van der Waals surface area contributed by atoms with Gasteiger partial charge in [0.25, 0.3) is 0 Å². The van der Waals surface area contributed by atoms with E-state index in [0.29, 0.717) is 6.42 Å². The molecule has 2 atom stereocenters. The minimum atomic E-state index is -0.417. The highest BCUT2D eigenvalue weighted by atomic mass is 16.3. The first kappa shape index (κ1) is 14.9. The van der Waals surface area contributed by atoms with Crippen molar-refractivity contribution in [2.75, 3.05) is 0 Å². The van der Waals surface area contributed by atoms with Crippen LogP contribution in [0.3, 0.4) is 0 Å². The number of rotatable bonds is 5. The molecule has 2 heteroatoms. The zero-order valence-electron chi connectivity index (χ0n) is 11.2. The van der Waals surface area contributed by atoms with Crippen molar-refractivity contribution in [3.8, 4) is 0 Å². The van der Waals surface area contributed by atoms with Gasteiger partial charge in [0.05, 0.1) is 12.2 Å². The molecule has 15 heavy (non-hydrogen) atoms. The Morgan fingerprint density at radius 3 is 1.80 bits per heavy atom. The molecule has 2 unspecified atom stereocenters. The molecule has 0 rings (SSSR count). The van der Waals surface area contributed by atoms with Crippen molar-refractivity contribution in [1.82, 2.24) is 0 Å². The predicted molar refractivity (Wildman–Crippen MR) is 64.8 cm³/mol. The first-order chi connectivity index (χ1) is 6.58. The molecule has 0 fully saturated rings. The minimum Gasteiger partial charge on any atom is -0.393 e. The smallest absolute Gasteiger partial charge is 0.0615 e. The van der Waals surface area contributed by atoms with Crippen molar-refractivity contribution < 1.29 is 10.2 Å². The number of hydrogen-bond acceptors (Lipinski definition) is 2. The van der Waals surface area contributed by atoms with Crippen molar-refractivity contribution in [1.29, 1.82) is 0 Å². The predicted octanol–water partition coefficient (Wildman–Crippen LogP) is 2.97. The Kier molecular flexibility index (Phi) is 5.28. The molecule has 0 saturated heterocycles. The van der Waals surface area contributed by atoms with Gasteiger partial charge in [-0.2, -0.15) is 0 Å². The van der Waals surface area contributed by atoms with Crippen LogP contribution in [0, 0.1) is 10.8 Å². The van der Waals surface area contributed by atoms with E-state index in [-0.39, 0.29) is 10.8 Å². The van der Waals surface area contributed by atoms with Crippen LogP contribution in [0.2, 0.25) is 0 Å². The van der Waals surface area contributed by atoms with E-state index in [1.165, 1.54) is 0 Å². The second-order valence-corrected chi connectivity index (χ2v) is 6.51. The van der Waals surface area contributed by atoms with Gasteiger partial charge in [-0.25, -0.2) is 0 Å². The largest absolute Gasteiger partial charge is 0.393 e. The second kappa shape index (κ2) is 5.31. The third-order valence-corrected chi connectivity index (χ3v) is 3.16. The highest BCUT2D eigenvalue weighted by molar-refractivity contribution is 4.80. The zero-order chi connectivity index (χ0) is 12.3. The second-order valence-electron chi connectivity index (χ2n) is 6.51. The van der Waals surface area contributed by atoms with Crippen LogP contribution in [0.15, 0.2) is 0 Å². The Morgan fingerprint density at radius 2 is 1.47 bits per heavy atom. The van der Waals surface area contributed by atoms with Crippen molar-refractivity contribution in [2.24, 2.45) is 10.8 Å². The van der Waals surface area contributed by atoms with Gasteiger partial charge in [-0.3, -0.25) is 0 Å². The summed E-state index contributed by atoms with van der Waals surface area (Å²) in [5.41, 5.74) is 0.0222. The van der Waals surface area contributed by atoms with E-state index in [0.717, 1.165) is 12.8 Å². The maximum Gasteiger partial charge on any atom is 0.0615 e. The summed E-state index contributed by atoms with van der Waals surface area (Å²) in [6.07, 6.45) is 1.34. The summed E-state index contributed by atoms with van der Waals surface area (Å²) < 4.78 is 0. The van der Waals surface area contributed by atoms with E-state index < -0.39 is 12.2 Å². The normalized spacial score (nSPS) is 17.6. The summed E-state index contributed by atoms with van der Waals surface area (Å²) in [6, 6.07) is 0. The van der Waals surface area contributed by atoms with Gasteiger partial charge in [-0.15, -0.1) is 0 Å². The molecule has 0 spiro atoms. The average Bonchev–Trinajstić information content (AvgIpc) is 2.00. The molecule has 0 aliphatic carbocycles. The van der Waals surface area contributed by atoms with E-state index in [1.807, 2.05) is 13.8 Å². The highest BCUT2D eigenvalue weighted by Crippen LogP contribution is 2.30. The molecule has 0 radical (unpaired) electrons. The number of aliphatic hydroxyl groups excluding tert-OH is 2. The molecule has 0 bridgehead atoms. The van der Waals surface area contributed by atoms with Crippen LogP contribution in [0.4, 0.5) is 0 Å². The van der Waals surface area contributed by atoms with Gasteiger partial charge in [0.1, 0.15) is 0 Å². The highest BCUT2D eigenvalue weighted by Gasteiger charge is 2.29. The number of hydrogen-bond donors (Lipinski definition) is 2. The Bertz CT molecular complexity index is 179. The van der Waals surface area contributed by atoms with E-state index in [1.54, 1.807) is 0 Å². The molecule has 0 amide bonds. The van der Waals surface area contributed by atoms with Crippen molar-refractivity contribution in [3.63, 3.8) is 0 Å². The molecule has 0 aromatic carbocycles. The molecule has 0 heterocycles. The molecule has 0 aromatic heterocycles. The van der Waals surface area contributed by atoms with Gasteiger partial charge in [-0.1, -0.05) is 41.5 Å². The molecular weight excluding hydrogens is 188 g/mol. The van der Waals surface area contributed by atoms with Crippen LogP contribution < -0.4 is 0 Å². The summed E-state index contributed by atoms with van der Waals surface area (Å²) >= 11 is 0. The lowest BCUT2D eigenvalue weighted by Crippen LogP contribution is -2.33. The Morgan fingerprint density at radius 1 is 1.00 bits per heavy atom. The quantitative estimate of drug-likeness (QED) is 0.741. The maximum absolute atomic E-state index is 9.98. The lowest BCUT2D eigenvalue weighted by atomic mass is 9.79. The van der Waals surface area contributed by atoms with Gasteiger partial charge in [-0.05, 0) is 30.1 Å². The minimum absolute atomic E-state index is 0.0983. The van der Waals surface area contributed by atoms with Gasteiger partial charge >= 0.3 is 0 Å². The average molecular weight is 216 g/mol. The Labute approximate surface area is 94.7 Å². The maximum atomic E-state index is 9.98. The summed E-state index contributed by atoms with van der Waals surface area (Å²) in [6.45, 7) is 12.5. The van der Waals surface area contributed by atoms with Crippen LogP contribution >= 0.6 is 0 Å². The fourth-order valence-corrected chi connectivity index (χ4v) is 1.60. The summed E-state index contributed by atoms with van der Waals surface area (Å²) in [5, 5.41) is 19.8. The van der Waals surface area contributed by atoms with Gasteiger partial charge in [0.2, 0.25) is 0 Å². The molecule has 0 aliphatic heterocycles. The van der Waals surface area contributed by atoms with E-state index in [4.69, 9.17) is 0 Å². The fraction of sp³-hybridized carbons (Fsp3) is 1.00. The van der Waals surface area contributed by atoms with Gasteiger partial charge in [0, 0.05) is 0 Å². The van der Waals surface area contributed by atoms with Crippen molar-refractivity contribution in [3.05, 3.63) is 0 Å². The molecule has 92 valence electrons. The van der Waals surface area contributed by atoms with Crippen LogP contribution in [0.1, 0.15) is 60.8 Å². The fourth-order valence-electron chi connectivity index (χ4n) is 1.60. The monoisotopic (exact) mass is 216 g/mol. The first-order valence-corrected chi connectivity index (χ1v) is 5.94. The third-order valence-electron chi connectivity index (χ3n) is 3.16. The standard InChI is InChI=1S/C13H28O2/c1-7-13(5,6)11(15)8-10(14)9-12(2,3)4/h10-11,14-15H,7-9H2,1-6H3. The van der Waals surface area contributed by atoms with Crippen LogP contribution in [0.5, 0.6) is 0 Å². The lowest BCUT2D eigenvalue weighted by Gasteiger charge is -2.32. The van der Waals surface area contributed by atoms with E-state index in [9.17, 15) is 10.2 Å². The molecule has 2 N–H and O–H groups in total. The van der Waals surface area contributed by atoms with E-state index in [2.05, 4.69) is 27.7 Å². The van der Waals surface area contributed by atoms with Gasteiger partial charge < -0.3 is 10.2 Å².